The van der Waals surface area contributed by atoms with Crippen LogP contribution in [-0.4, -0.2) is 5.91 Å². The number of primary amides is 1. The van der Waals surface area contributed by atoms with Crippen LogP contribution < -0.4 is 16.8 Å². The van der Waals surface area contributed by atoms with Crippen LogP contribution in [0, 0.1) is 0 Å². The van der Waals surface area contributed by atoms with E-state index < -0.39 is 5.91 Å². The number of hydrogen-bond acceptors (Lipinski definition) is 3. The van der Waals surface area contributed by atoms with E-state index in [0.29, 0.717) is 5.56 Å². The Bertz CT molecular complexity index is 578. The van der Waals surface area contributed by atoms with Gasteiger partial charge in [-0.25, -0.2) is 0 Å². The number of carbonyl (C=O) groups excluding carboxylic acids is 1. The number of rotatable bonds is 4. The lowest BCUT2D eigenvalue weighted by Crippen LogP contribution is -2.15. The van der Waals surface area contributed by atoms with Gasteiger partial charge in [0.15, 0.2) is 0 Å². The van der Waals surface area contributed by atoms with E-state index in [2.05, 4.69) is 5.32 Å². The van der Waals surface area contributed by atoms with E-state index in [1.807, 2.05) is 43.3 Å². The van der Waals surface area contributed by atoms with Crippen molar-refractivity contribution in [2.24, 2.45) is 5.73 Å². The molecule has 0 saturated heterocycles. The van der Waals surface area contributed by atoms with Gasteiger partial charge in [-0.15, -0.1) is 0 Å². The predicted octanol–water partition coefficient (Wildman–Crippen LogP) is 2.54. The van der Waals surface area contributed by atoms with Crippen LogP contribution in [0.15, 0.2) is 48.5 Å². The molecule has 0 bridgehead atoms. The molecule has 0 heterocycles. The highest BCUT2D eigenvalue weighted by Gasteiger charge is 2.10. The second-order valence-electron chi connectivity index (χ2n) is 4.44. The Hall–Kier alpha value is -2.49. The highest BCUT2D eigenvalue weighted by atomic mass is 16.1. The number of anilines is 2. The lowest BCUT2D eigenvalue weighted by atomic mass is 10.1. The van der Waals surface area contributed by atoms with Gasteiger partial charge < -0.3 is 16.8 Å². The molecular formula is C15H17N3O. The van der Waals surface area contributed by atoms with Gasteiger partial charge in [0.25, 0.3) is 5.91 Å². The molecule has 2 aromatic carbocycles. The van der Waals surface area contributed by atoms with E-state index in [0.717, 1.165) is 16.9 Å². The summed E-state index contributed by atoms with van der Waals surface area (Å²) in [5, 5.41) is 3.29. The Balaban J connectivity index is 2.21. The molecule has 0 saturated carbocycles. The minimum atomic E-state index is -0.437. The normalized spacial score (nSPS) is 11.8. The smallest absolute Gasteiger partial charge is 0.250 e. The van der Waals surface area contributed by atoms with Crippen LogP contribution in [0.2, 0.25) is 0 Å². The van der Waals surface area contributed by atoms with Gasteiger partial charge in [-0.2, -0.15) is 0 Å². The zero-order valence-corrected chi connectivity index (χ0v) is 10.8. The van der Waals surface area contributed by atoms with Gasteiger partial charge >= 0.3 is 0 Å². The third-order valence-electron chi connectivity index (χ3n) is 3.00. The summed E-state index contributed by atoms with van der Waals surface area (Å²) >= 11 is 0. The van der Waals surface area contributed by atoms with E-state index >= 15 is 0 Å². The van der Waals surface area contributed by atoms with Gasteiger partial charge in [-0.05, 0) is 36.8 Å². The number of nitrogens with one attached hydrogen (secondary N) is 1. The van der Waals surface area contributed by atoms with Crippen LogP contribution in [0.1, 0.15) is 28.9 Å². The first-order valence-electron chi connectivity index (χ1n) is 6.08. The second-order valence-corrected chi connectivity index (χ2v) is 4.44. The van der Waals surface area contributed by atoms with Crippen molar-refractivity contribution < 1.29 is 4.79 Å². The molecule has 19 heavy (non-hydrogen) atoms. The van der Waals surface area contributed by atoms with Crippen molar-refractivity contribution in [2.45, 2.75) is 13.0 Å². The molecule has 0 fully saturated rings. The molecule has 0 spiro atoms. The summed E-state index contributed by atoms with van der Waals surface area (Å²) < 4.78 is 0. The van der Waals surface area contributed by atoms with Crippen molar-refractivity contribution >= 4 is 17.3 Å². The van der Waals surface area contributed by atoms with Gasteiger partial charge in [-0.1, -0.05) is 24.3 Å². The van der Waals surface area contributed by atoms with Crippen molar-refractivity contribution in [3.8, 4) is 0 Å². The van der Waals surface area contributed by atoms with Crippen LogP contribution in [-0.2, 0) is 0 Å². The van der Waals surface area contributed by atoms with Gasteiger partial charge in [0.2, 0.25) is 0 Å². The quantitative estimate of drug-likeness (QED) is 0.734. The molecule has 0 radical (unpaired) electrons. The summed E-state index contributed by atoms with van der Waals surface area (Å²) in [5.74, 6) is -0.437. The molecule has 1 amide bonds. The Labute approximate surface area is 112 Å². The maximum absolute atomic E-state index is 11.4. The first-order valence-corrected chi connectivity index (χ1v) is 6.08. The number of amides is 1. The van der Waals surface area contributed by atoms with Crippen molar-refractivity contribution in [2.75, 3.05) is 11.1 Å². The summed E-state index contributed by atoms with van der Waals surface area (Å²) in [4.78, 5) is 11.4. The van der Waals surface area contributed by atoms with E-state index in [-0.39, 0.29) is 6.04 Å². The summed E-state index contributed by atoms with van der Waals surface area (Å²) in [6.07, 6.45) is 0. The molecule has 98 valence electrons. The fourth-order valence-corrected chi connectivity index (χ4v) is 1.93. The van der Waals surface area contributed by atoms with Crippen molar-refractivity contribution in [1.82, 2.24) is 0 Å². The van der Waals surface area contributed by atoms with Crippen LogP contribution in [0.4, 0.5) is 11.4 Å². The topological polar surface area (TPSA) is 81.1 Å². The molecule has 0 aliphatic heterocycles. The second kappa shape index (κ2) is 5.44. The summed E-state index contributed by atoms with van der Waals surface area (Å²) in [6.45, 7) is 2.02. The third-order valence-corrected chi connectivity index (χ3v) is 3.00. The maximum Gasteiger partial charge on any atom is 0.250 e. The van der Waals surface area contributed by atoms with Gasteiger partial charge in [0.1, 0.15) is 0 Å². The van der Waals surface area contributed by atoms with Crippen molar-refractivity contribution in [1.29, 1.82) is 0 Å². The Kier molecular flexibility index (Phi) is 3.71. The first kappa shape index (κ1) is 13.0. The van der Waals surface area contributed by atoms with Crippen LogP contribution in [0.5, 0.6) is 0 Å². The standard InChI is InChI=1S/C15H17N3O/c1-10(11-6-8-12(16)9-7-11)18-14-5-3-2-4-13(14)15(17)19/h2-10,18H,16H2,1H3,(H2,17,19). The van der Waals surface area contributed by atoms with Crippen LogP contribution in [0.3, 0.4) is 0 Å². The van der Waals surface area contributed by atoms with Gasteiger partial charge in [-0.3, -0.25) is 4.79 Å². The largest absolute Gasteiger partial charge is 0.399 e. The molecule has 0 aromatic heterocycles. The monoisotopic (exact) mass is 255 g/mol. The van der Waals surface area contributed by atoms with E-state index in [1.165, 1.54) is 0 Å². The molecule has 1 atom stereocenters. The van der Waals surface area contributed by atoms with E-state index in [9.17, 15) is 4.79 Å². The minimum Gasteiger partial charge on any atom is -0.399 e. The SMILES string of the molecule is CC(Nc1ccccc1C(N)=O)c1ccc(N)cc1. The molecule has 0 aliphatic rings. The summed E-state index contributed by atoms with van der Waals surface area (Å²) in [5.41, 5.74) is 14.1. The molecule has 5 N–H and O–H groups in total. The highest BCUT2D eigenvalue weighted by Crippen LogP contribution is 2.22. The molecule has 2 rings (SSSR count). The summed E-state index contributed by atoms with van der Waals surface area (Å²) in [7, 11) is 0. The number of benzene rings is 2. The van der Waals surface area contributed by atoms with Crippen molar-refractivity contribution in [3.05, 3.63) is 59.7 Å². The molecule has 0 aliphatic carbocycles. The third kappa shape index (κ3) is 3.04. The average Bonchev–Trinajstić information content (AvgIpc) is 2.39. The Morgan fingerprint density at radius 3 is 2.37 bits per heavy atom. The van der Waals surface area contributed by atoms with Gasteiger partial charge in [0, 0.05) is 17.4 Å². The zero-order valence-electron chi connectivity index (χ0n) is 10.8. The molecule has 4 heteroatoms. The maximum atomic E-state index is 11.4. The number of para-hydroxylation sites is 1. The fraction of sp³-hybridized carbons (Fsp3) is 0.133. The first-order chi connectivity index (χ1) is 9.08. The lowest BCUT2D eigenvalue weighted by Gasteiger charge is -2.17. The summed E-state index contributed by atoms with van der Waals surface area (Å²) in [6, 6.07) is 14.9. The number of nitrogen functional groups attached to an aromatic ring is 1. The average molecular weight is 255 g/mol. The molecule has 2 aromatic rings. The van der Waals surface area contributed by atoms with Gasteiger partial charge in [0.05, 0.1) is 5.56 Å². The number of carbonyl (C=O) groups is 1. The molecule has 1 unspecified atom stereocenters. The van der Waals surface area contributed by atoms with Crippen LogP contribution >= 0.6 is 0 Å². The molecule has 4 nitrogen and oxygen atoms in total. The molecular weight excluding hydrogens is 238 g/mol. The Morgan fingerprint density at radius 2 is 1.74 bits per heavy atom. The lowest BCUT2D eigenvalue weighted by molar-refractivity contribution is 0.100. The van der Waals surface area contributed by atoms with Crippen molar-refractivity contribution in [3.63, 3.8) is 0 Å². The predicted molar refractivity (Wildman–Crippen MR) is 77.9 cm³/mol. The van der Waals surface area contributed by atoms with E-state index in [1.54, 1.807) is 12.1 Å². The highest BCUT2D eigenvalue weighted by molar-refractivity contribution is 5.98. The number of nitrogens with two attached hydrogens (primary N) is 2. The minimum absolute atomic E-state index is 0.0566. The zero-order chi connectivity index (χ0) is 13.8. The van der Waals surface area contributed by atoms with Crippen LogP contribution in [0.25, 0.3) is 0 Å². The van der Waals surface area contributed by atoms with E-state index in [4.69, 9.17) is 11.5 Å². The Morgan fingerprint density at radius 1 is 1.11 bits per heavy atom. The fourth-order valence-electron chi connectivity index (χ4n) is 1.93. The number of hydrogen-bond donors (Lipinski definition) is 3.